The molecule has 1 aromatic heterocycles. The van der Waals surface area contributed by atoms with Gasteiger partial charge in [0, 0.05) is 47.1 Å². The Bertz CT molecular complexity index is 1370. The molecule has 0 spiro atoms. The zero-order valence-electron chi connectivity index (χ0n) is 20.6. The molecule has 0 saturated carbocycles. The van der Waals surface area contributed by atoms with Crippen LogP contribution in [0.4, 0.5) is 0 Å². The third-order valence-electron chi connectivity index (χ3n) is 5.99. The molecule has 4 N–H and O–H groups in total. The predicted molar refractivity (Wildman–Crippen MR) is 145 cm³/mol. The first-order valence-electron chi connectivity index (χ1n) is 12.0. The Morgan fingerprint density at radius 2 is 1.86 bits per heavy atom. The minimum absolute atomic E-state index is 0.157. The lowest BCUT2D eigenvalue weighted by Gasteiger charge is -2.11. The van der Waals surface area contributed by atoms with Crippen molar-refractivity contribution in [2.24, 2.45) is 16.5 Å². The van der Waals surface area contributed by atoms with Crippen LogP contribution in [-0.4, -0.2) is 12.3 Å². The van der Waals surface area contributed by atoms with Crippen LogP contribution in [-0.2, 0) is 19.6 Å². The second-order valence-electron chi connectivity index (χ2n) is 8.81. The summed E-state index contributed by atoms with van der Waals surface area (Å²) in [6.07, 6.45) is 6.08. The highest BCUT2D eigenvalue weighted by atomic mass is 16.5. The number of furan rings is 1. The highest BCUT2D eigenvalue weighted by Crippen LogP contribution is 2.35. The van der Waals surface area contributed by atoms with Crippen LogP contribution in [0.15, 0.2) is 82.5 Å². The molecule has 3 aromatic carbocycles. The molecule has 0 atom stereocenters. The van der Waals surface area contributed by atoms with Gasteiger partial charge < -0.3 is 20.6 Å². The molecule has 180 valence electrons. The normalized spacial score (nSPS) is 12.2. The Kier molecular flexibility index (Phi) is 7.68. The Balaban J connectivity index is 1.82. The van der Waals surface area contributed by atoms with Crippen molar-refractivity contribution in [2.75, 3.05) is 0 Å². The first-order chi connectivity index (χ1) is 17.0. The molecule has 0 saturated heterocycles. The number of benzene rings is 3. The number of aryl methyl sites for hydroxylation is 1. The summed E-state index contributed by atoms with van der Waals surface area (Å²) in [5.41, 5.74) is 19.8. The van der Waals surface area contributed by atoms with E-state index in [0.29, 0.717) is 13.2 Å². The fraction of sp³-hybridized carbons (Fsp3) is 0.233. The van der Waals surface area contributed by atoms with Crippen molar-refractivity contribution in [3.8, 4) is 16.9 Å². The van der Waals surface area contributed by atoms with Gasteiger partial charge in [-0.15, -0.1) is 0 Å². The molecule has 4 aromatic rings. The number of aliphatic imine (C=N–C) groups is 1. The van der Waals surface area contributed by atoms with Gasteiger partial charge in [0.1, 0.15) is 17.9 Å². The second-order valence-corrected chi connectivity index (χ2v) is 8.81. The van der Waals surface area contributed by atoms with Crippen LogP contribution in [0, 0.1) is 0 Å². The smallest absolute Gasteiger partial charge is 0.142 e. The van der Waals surface area contributed by atoms with Crippen molar-refractivity contribution in [1.29, 1.82) is 0 Å². The molecule has 0 aliphatic heterocycles. The Labute approximate surface area is 207 Å². The van der Waals surface area contributed by atoms with Crippen LogP contribution in [0.1, 0.15) is 43.0 Å². The lowest BCUT2D eigenvalue weighted by atomic mass is 9.95. The third-order valence-corrected chi connectivity index (χ3v) is 5.99. The Morgan fingerprint density at radius 1 is 1.03 bits per heavy atom. The minimum atomic E-state index is 0.157. The quantitative estimate of drug-likeness (QED) is 0.276. The van der Waals surface area contributed by atoms with Crippen LogP contribution < -0.4 is 16.2 Å². The summed E-state index contributed by atoms with van der Waals surface area (Å²) in [5.74, 6) is 0.892. The summed E-state index contributed by atoms with van der Waals surface area (Å²) in [5, 5.41) is 0.988. The van der Waals surface area contributed by atoms with Gasteiger partial charge in [-0.25, -0.2) is 0 Å². The number of nitrogens with two attached hydrogens (primary N) is 2. The first kappa shape index (κ1) is 24.3. The van der Waals surface area contributed by atoms with E-state index in [1.807, 2.05) is 50.4 Å². The van der Waals surface area contributed by atoms with Gasteiger partial charge in [0.05, 0.1) is 6.26 Å². The molecule has 5 heteroatoms. The van der Waals surface area contributed by atoms with E-state index in [1.54, 1.807) is 12.5 Å². The average Bonchev–Trinajstić information content (AvgIpc) is 3.30. The van der Waals surface area contributed by atoms with Gasteiger partial charge in [-0.3, -0.25) is 4.99 Å². The van der Waals surface area contributed by atoms with Gasteiger partial charge in [-0.1, -0.05) is 43.3 Å². The molecule has 0 aliphatic carbocycles. The average molecular weight is 468 g/mol. The summed E-state index contributed by atoms with van der Waals surface area (Å²) in [7, 11) is 0. The monoisotopic (exact) mass is 467 g/mol. The van der Waals surface area contributed by atoms with Crippen LogP contribution in [0.2, 0.25) is 0 Å². The van der Waals surface area contributed by atoms with Crippen molar-refractivity contribution in [2.45, 2.75) is 46.4 Å². The topological polar surface area (TPSA) is 86.8 Å². The Morgan fingerprint density at radius 3 is 2.60 bits per heavy atom. The SMILES string of the molecule is CCc1ccccc1OCc1coc2c(/C(C=NC(C)C)=C/N)cc(-c3cccc(CN)c3)cc12. The Hall–Kier alpha value is -3.83. The van der Waals surface area contributed by atoms with E-state index in [9.17, 15) is 0 Å². The van der Waals surface area contributed by atoms with E-state index in [2.05, 4.69) is 42.2 Å². The molecule has 0 aliphatic rings. The lowest BCUT2D eigenvalue weighted by Crippen LogP contribution is -1.99. The van der Waals surface area contributed by atoms with E-state index >= 15 is 0 Å². The van der Waals surface area contributed by atoms with E-state index in [1.165, 1.54) is 5.56 Å². The van der Waals surface area contributed by atoms with Crippen molar-refractivity contribution in [1.82, 2.24) is 0 Å². The van der Waals surface area contributed by atoms with E-state index in [4.69, 9.17) is 20.6 Å². The van der Waals surface area contributed by atoms with E-state index < -0.39 is 0 Å². The maximum absolute atomic E-state index is 6.23. The highest BCUT2D eigenvalue weighted by Gasteiger charge is 2.16. The zero-order valence-corrected chi connectivity index (χ0v) is 20.6. The summed E-state index contributed by atoms with van der Waals surface area (Å²) >= 11 is 0. The molecule has 4 rings (SSSR count). The highest BCUT2D eigenvalue weighted by molar-refractivity contribution is 6.14. The molecule has 0 amide bonds. The van der Waals surface area contributed by atoms with Crippen LogP contribution in [0.3, 0.4) is 0 Å². The number of ether oxygens (including phenoxy) is 1. The van der Waals surface area contributed by atoms with Crippen LogP contribution >= 0.6 is 0 Å². The molecule has 1 heterocycles. The fourth-order valence-corrected chi connectivity index (χ4v) is 4.08. The van der Waals surface area contributed by atoms with Crippen molar-refractivity contribution < 1.29 is 9.15 Å². The molecular formula is C30H33N3O2. The largest absolute Gasteiger partial charge is 0.488 e. The number of nitrogens with zero attached hydrogens (tertiary/aromatic N) is 1. The molecule has 0 unspecified atom stereocenters. The molecule has 35 heavy (non-hydrogen) atoms. The zero-order chi connectivity index (χ0) is 24.8. The number of allylic oxidation sites excluding steroid dienone is 1. The molecular weight excluding hydrogens is 434 g/mol. The summed E-state index contributed by atoms with van der Waals surface area (Å²) < 4.78 is 12.3. The van der Waals surface area contributed by atoms with Gasteiger partial charge >= 0.3 is 0 Å². The third kappa shape index (κ3) is 5.47. The van der Waals surface area contributed by atoms with Gasteiger partial charge in [0.15, 0.2) is 0 Å². The first-order valence-corrected chi connectivity index (χ1v) is 12.0. The lowest BCUT2D eigenvalue weighted by molar-refractivity contribution is 0.303. The molecule has 0 radical (unpaired) electrons. The maximum atomic E-state index is 6.23. The van der Waals surface area contributed by atoms with Crippen molar-refractivity contribution in [3.05, 3.63) is 95.4 Å². The summed E-state index contributed by atoms with van der Waals surface area (Å²) in [6.45, 7) is 7.08. The number of rotatable bonds is 9. The number of para-hydroxylation sites is 1. The van der Waals surface area contributed by atoms with Crippen LogP contribution in [0.5, 0.6) is 5.75 Å². The van der Waals surface area contributed by atoms with Gasteiger partial charge in [-0.2, -0.15) is 0 Å². The number of hydrogen-bond donors (Lipinski definition) is 2. The minimum Gasteiger partial charge on any atom is -0.488 e. The van der Waals surface area contributed by atoms with Crippen molar-refractivity contribution >= 4 is 22.8 Å². The van der Waals surface area contributed by atoms with Gasteiger partial charge in [-0.05, 0) is 66.8 Å². The molecule has 5 nitrogen and oxygen atoms in total. The van der Waals surface area contributed by atoms with Gasteiger partial charge in [0.2, 0.25) is 0 Å². The predicted octanol–water partition coefficient (Wildman–Crippen LogP) is 6.48. The van der Waals surface area contributed by atoms with E-state index in [0.717, 1.165) is 56.5 Å². The molecule has 0 fully saturated rings. The second kappa shape index (κ2) is 11.1. The van der Waals surface area contributed by atoms with E-state index in [-0.39, 0.29) is 6.04 Å². The summed E-state index contributed by atoms with van der Waals surface area (Å²) in [4.78, 5) is 4.55. The van der Waals surface area contributed by atoms with Crippen molar-refractivity contribution in [3.63, 3.8) is 0 Å². The number of hydrogen-bond acceptors (Lipinski definition) is 5. The number of fused-ring (bicyclic) bond motifs is 1. The molecule has 0 bridgehead atoms. The van der Waals surface area contributed by atoms with Gasteiger partial charge in [0.25, 0.3) is 0 Å². The standard InChI is InChI=1S/C30H33N3O2/c1-4-22-9-5-6-11-29(22)34-18-26-19-35-30-27(25(16-32)17-33-20(2)3)13-24(14-28(26)30)23-10-7-8-21(12-23)15-31/h5-14,16-17,19-20H,4,15,18,31-32H2,1-3H3/b25-16+,33-17?. The summed E-state index contributed by atoms with van der Waals surface area (Å²) in [6, 6.07) is 20.8. The fourth-order valence-electron chi connectivity index (χ4n) is 4.08. The maximum Gasteiger partial charge on any atom is 0.142 e. The van der Waals surface area contributed by atoms with Crippen LogP contribution in [0.25, 0.3) is 27.7 Å².